The van der Waals surface area contributed by atoms with Crippen molar-refractivity contribution in [1.82, 2.24) is 10.6 Å². The third kappa shape index (κ3) is 9.26. The molecule has 1 spiro atoms. The number of aliphatic hydroxyl groups excluding tert-OH is 1. The summed E-state index contributed by atoms with van der Waals surface area (Å²) in [5.74, 6) is -0.482. The molecule has 3 heterocycles. The maximum absolute atomic E-state index is 12.4. The number of nitrogens with one attached hydrogen (secondary N) is 2. The van der Waals surface area contributed by atoms with Gasteiger partial charge in [0.25, 0.3) is 0 Å². The summed E-state index contributed by atoms with van der Waals surface area (Å²) in [6.07, 6.45) is 8.80. The molecule has 10 heteroatoms. The molecule has 3 aliphatic rings. The Bertz CT molecular complexity index is 988. The molecule has 9 atom stereocenters. The van der Waals surface area contributed by atoms with Crippen molar-refractivity contribution < 1.29 is 38.4 Å². The van der Waals surface area contributed by atoms with Gasteiger partial charge in [0.05, 0.1) is 37.4 Å². The van der Waals surface area contributed by atoms with Crippen LogP contribution in [0.25, 0.3) is 0 Å². The van der Waals surface area contributed by atoms with Gasteiger partial charge in [0.2, 0.25) is 11.8 Å². The van der Waals surface area contributed by atoms with Crippen LogP contribution in [-0.2, 0) is 33.3 Å². The number of ether oxygens (including phenoxy) is 4. The van der Waals surface area contributed by atoms with Crippen molar-refractivity contribution in [2.75, 3.05) is 13.2 Å². The van der Waals surface area contributed by atoms with E-state index in [4.69, 9.17) is 18.9 Å². The second-order valence-electron chi connectivity index (χ2n) is 11.3. The minimum atomic E-state index is -0.781. The van der Waals surface area contributed by atoms with Crippen molar-refractivity contribution in [3.05, 3.63) is 36.0 Å². The smallest absolute Gasteiger partial charge is 0.303 e. The number of carbonyl (C=O) groups is 3. The highest BCUT2D eigenvalue weighted by Crippen LogP contribution is 2.43. The Kier molecular flexibility index (Phi) is 11.5. The van der Waals surface area contributed by atoms with Gasteiger partial charge in [0, 0.05) is 26.0 Å². The van der Waals surface area contributed by atoms with Crippen LogP contribution in [-0.4, -0.2) is 84.3 Å². The van der Waals surface area contributed by atoms with Gasteiger partial charge in [-0.1, -0.05) is 30.7 Å². The normalized spacial score (nSPS) is 35.1. The Morgan fingerprint density at radius 1 is 1.18 bits per heavy atom. The quantitative estimate of drug-likeness (QED) is 0.151. The van der Waals surface area contributed by atoms with Gasteiger partial charge in [-0.05, 0) is 52.5 Å². The van der Waals surface area contributed by atoms with E-state index in [1.807, 2.05) is 32.9 Å². The maximum atomic E-state index is 12.4. The molecular formula is C30H46N2O8. The number of aliphatic hydroxyl groups is 1. The van der Waals surface area contributed by atoms with Crippen molar-refractivity contribution in [3.63, 3.8) is 0 Å². The highest BCUT2D eigenvalue weighted by molar-refractivity contribution is 5.87. The van der Waals surface area contributed by atoms with Crippen LogP contribution in [0.3, 0.4) is 0 Å². The van der Waals surface area contributed by atoms with Crippen LogP contribution < -0.4 is 10.6 Å². The SMILES string of the molecule is CCNC(=O)C[C@@H]1CC2(CO2)[C@H](O)[C@@H](/C=C/C(C)=C/C[C@@H]2O[C@H](C)[C@H](NC(=O)/C=C\[C@H](C)OC(C)=O)C[C@@H]2C)O1. The third-order valence-electron chi connectivity index (χ3n) is 7.71. The summed E-state index contributed by atoms with van der Waals surface area (Å²) >= 11 is 0. The molecule has 0 aliphatic carbocycles. The fourth-order valence-corrected chi connectivity index (χ4v) is 5.36. The summed E-state index contributed by atoms with van der Waals surface area (Å²) in [4.78, 5) is 35.4. The lowest BCUT2D eigenvalue weighted by Gasteiger charge is -2.39. The van der Waals surface area contributed by atoms with Crippen LogP contribution in [0, 0.1) is 5.92 Å². The molecule has 0 aromatic rings. The van der Waals surface area contributed by atoms with Gasteiger partial charge in [-0.2, -0.15) is 0 Å². The number of hydrogen-bond acceptors (Lipinski definition) is 8. The van der Waals surface area contributed by atoms with Crippen LogP contribution in [0.4, 0.5) is 0 Å². The Morgan fingerprint density at radius 2 is 1.90 bits per heavy atom. The maximum Gasteiger partial charge on any atom is 0.303 e. The summed E-state index contributed by atoms with van der Waals surface area (Å²) in [6.45, 7) is 12.0. The molecule has 0 saturated carbocycles. The zero-order chi connectivity index (χ0) is 29.4. The molecule has 3 fully saturated rings. The molecule has 40 heavy (non-hydrogen) atoms. The largest absolute Gasteiger partial charge is 0.459 e. The van der Waals surface area contributed by atoms with E-state index in [0.717, 1.165) is 12.0 Å². The molecule has 224 valence electrons. The van der Waals surface area contributed by atoms with E-state index in [9.17, 15) is 19.5 Å². The first-order valence-corrected chi connectivity index (χ1v) is 14.3. The van der Waals surface area contributed by atoms with Crippen LogP contribution >= 0.6 is 0 Å². The number of amides is 2. The van der Waals surface area contributed by atoms with Gasteiger partial charge in [-0.3, -0.25) is 14.4 Å². The van der Waals surface area contributed by atoms with E-state index in [1.165, 1.54) is 13.0 Å². The number of allylic oxidation sites excluding steroid dienone is 2. The molecule has 3 saturated heterocycles. The van der Waals surface area contributed by atoms with Crippen molar-refractivity contribution in [1.29, 1.82) is 0 Å². The summed E-state index contributed by atoms with van der Waals surface area (Å²) in [5.41, 5.74) is 0.393. The van der Waals surface area contributed by atoms with Crippen molar-refractivity contribution >= 4 is 17.8 Å². The van der Waals surface area contributed by atoms with Gasteiger partial charge >= 0.3 is 5.97 Å². The first-order valence-electron chi connectivity index (χ1n) is 14.3. The first kappa shape index (κ1) is 32.0. The number of carbonyl (C=O) groups excluding carboxylic acids is 3. The van der Waals surface area contributed by atoms with Crippen molar-refractivity contribution in [2.45, 2.75) is 115 Å². The van der Waals surface area contributed by atoms with Gasteiger partial charge in [-0.25, -0.2) is 0 Å². The lowest BCUT2D eigenvalue weighted by molar-refractivity contribution is -0.145. The van der Waals surface area contributed by atoms with E-state index < -0.39 is 29.9 Å². The van der Waals surface area contributed by atoms with E-state index in [1.54, 1.807) is 13.0 Å². The number of esters is 1. The Hall–Kier alpha value is -2.53. The second-order valence-corrected chi connectivity index (χ2v) is 11.3. The van der Waals surface area contributed by atoms with E-state index in [2.05, 4.69) is 23.6 Å². The van der Waals surface area contributed by atoms with Crippen LogP contribution in [0.1, 0.15) is 67.2 Å². The summed E-state index contributed by atoms with van der Waals surface area (Å²) in [5, 5.41) is 16.6. The molecule has 0 aromatic heterocycles. The number of rotatable bonds is 11. The van der Waals surface area contributed by atoms with Gasteiger partial charge in [-0.15, -0.1) is 0 Å². The van der Waals surface area contributed by atoms with Gasteiger partial charge in [0.1, 0.15) is 23.9 Å². The predicted molar refractivity (Wildman–Crippen MR) is 149 cm³/mol. The zero-order valence-electron chi connectivity index (χ0n) is 24.6. The zero-order valence-corrected chi connectivity index (χ0v) is 24.6. The average Bonchev–Trinajstić information content (AvgIpc) is 3.64. The average molecular weight is 563 g/mol. The Labute approximate surface area is 237 Å². The minimum absolute atomic E-state index is 0.00662. The summed E-state index contributed by atoms with van der Waals surface area (Å²) in [6, 6.07) is -0.119. The van der Waals surface area contributed by atoms with Crippen LogP contribution in [0.5, 0.6) is 0 Å². The molecule has 3 N–H and O–H groups in total. The highest BCUT2D eigenvalue weighted by atomic mass is 16.6. The monoisotopic (exact) mass is 562 g/mol. The highest BCUT2D eigenvalue weighted by Gasteiger charge is 2.58. The fraction of sp³-hybridized carbons (Fsp3) is 0.700. The molecule has 0 radical (unpaired) electrons. The minimum Gasteiger partial charge on any atom is -0.459 e. The first-order chi connectivity index (χ1) is 18.9. The van der Waals surface area contributed by atoms with E-state index in [0.29, 0.717) is 26.0 Å². The molecular weight excluding hydrogens is 516 g/mol. The Morgan fingerprint density at radius 3 is 2.55 bits per heavy atom. The molecule has 3 rings (SSSR count). The van der Waals surface area contributed by atoms with Crippen molar-refractivity contribution in [2.24, 2.45) is 5.92 Å². The standard InChI is InChI=1S/C30H46N2O8/c1-7-31-28(35)15-23-16-30(17-37-30)29(36)26(40-23)12-9-18(2)8-11-25-19(3)14-24(21(5)39-25)32-27(34)13-10-20(4)38-22(6)33/h8-10,12-13,19-21,23-26,29,36H,7,11,14-17H2,1-6H3,(H,31,35)(H,32,34)/b12-9+,13-10-,18-8+/t19-,20-,21+,23+,24+,25-,26+,29+,30?/m0/s1. The van der Waals surface area contributed by atoms with Crippen LogP contribution in [0.15, 0.2) is 36.0 Å². The van der Waals surface area contributed by atoms with Crippen LogP contribution in [0.2, 0.25) is 0 Å². The van der Waals surface area contributed by atoms with Gasteiger partial charge < -0.3 is 34.7 Å². The summed E-state index contributed by atoms with van der Waals surface area (Å²) in [7, 11) is 0. The molecule has 0 aromatic carbocycles. The number of epoxide rings is 1. The molecule has 0 bridgehead atoms. The molecule has 2 amide bonds. The second kappa shape index (κ2) is 14.4. The molecule has 3 aliphatic heterocycles. The third-order valence-corrected chi connectivity index (χ3v) is 7.71. The van der Waals surface area contributed by atoms with E-state index >= 15 is 0 Å². The molecule has 1 unspecified atom stereocenters. The van der Waals surface area contributed by atoms with Crippen molar-refractivity contribution in [3.8, 4) is 0 Å². The lowest BCUT2D eigenvalue weighted by atomic mass is 9.87. The van der Waals surface area contributed by atoms with Gasteiger partial charge in [0.15, 0.2) is 0 Å². The molecule has 10 nitrogen and oxygen atoms in total. The number of hydrogen-bond donors (Lipinski definition) is 3. The fourth-order valence-electron chi connectivity index (χ4n) is 5.36. The Balaban J connectivity index is 1.50. The summed E-state index contributed by atoms with van der Waals surface area (Å²) < 4.78 is 22.9. The topological polar surface area (TPSA) is 136 Å². The predicted octanol–water partition coefficient (Wildman–Crippen LogP) is 2.50. The van der Waals surface area contributed by atoms with E-state index in [-0.39, 0.29) is 48.5 Å². The lowest BCUT2D eigenvalue weighted by Crippen LogP contribution is -2.50.